The summed E-state index contributed by atoms with van der Waals surface area (Å²) in [6, 6.07) is 33.7. The van der Waals surface area contributed by atoms with Gasteiger partial charge in [0.25, 0.3) is 5.91 Å². The standard InChI is InChI=1S/C38H29N5O/c1-25-11-13-26(14-12-25)36(32-9-5-23-39-32)34-21-19-30(42-34)31-20-22-35(43-31)37(33-10-6-24-40-33)27-15-17-28(18-16-27)38(44)41-29-7-3-2-4-8-29/h2-24,40,42H,1H3,(H,41,44)/b36-32-,37-35-. The highest BCUT2D eigenvalue weighted by Gasteiger charge is 2.19. The van der Waals surface area contributed by atoms with Gasteiger partial charge in [0.2, 0.25) is 0 Å². The van der Waals surface area contributed by atoms with Gasteiger partial charge in [-0.2, -0.15) is 0 Å². The smallest absolute Gasteiger partial charge is 0.255 e. The fourth-order valence-electron chi connectivity index (χ4n) is 5.39. The molecule has 7 rings (SSSR count). The van der Waals surface area contributed by atoms with Crippen molar-refractivity contribution in [3.05, 3.63) is 184 Å². The Morgan fingerprint density at radius 3 is 2.11 bits per heavy atom. The van der Waals surface area contributed by atoms with Gasteiger partial charge in [-0.15, -0.1) is 0 Å². The van der Waals surface area contributed by atoms with Gasteiger partial charge in [0, 0.05) is 46.2 Å². The third-order valence-electron chi connectivity index (χ3n) is 7.61. The second kappa shape index (κ2) is 11.7. The summed E-state index contributed by atoms with van der Waals surface area (Å²) in [5, 5.41) is 2.95. The van der Waals surface area contributed by atoms with Crippen LogP contribution in [-0.4, -0.2) is 27.8 Å². The number of nitrogens with one attached hydrogen (secondary N) is 3. The summed E-state index contributed by atoms with van der Waals surface area (Å²) >= 11 is 0. The molecular formula is C38H29N5O. The van der Waals surface area contributed by atoms with Gasteiger partial charge >= 0.3 is 0 Å². The lowest BCUT2D eigenvalue weighted by Gasteiger charge is -2.10. The second-order valence-corrected chi connectivity index (χ2v) is 10.6. The molecule has 0 radical (unpaired) electrons. The predicted octanol–water partition coefficient (Wildman–Crippen LogP) is 8.12. The predicted molar refractivity (Wildman–Crippen MR) is 179 cm³/mol. The molecule has 1 amide bonds. The Bertz CT molecular complexity index is 2000. The summed E-state index contributed by atoms with van der Waals surface area (Å²) in [5.74, 6) is -0.154. The molecule has 3 aromatic carbocycles. The number of amides is 1. The molecule has 0 saturated heterocycles. The van der Waals surface area contributed by atoms with Gasteiger partial charge in [0.15, 0.2) is 0 Å². The van der Waals surface area contributed by atoms with Crippen LogP contribution in [0, 0.1) is 6.92 Å². The molecule has 0 atom stereocenters. The number of carbonyl (C=O) groups is 1. The molecule has 5 aromatic rings. The Balaban J connectivity index is 1.21. The molecule has 2 aliphatic heterocycles. The monoisotopic (exact) mass is 571 g/mol. The van der Waals surface area contributed by atoms with Gasteiger partial charge in [-0.25, -0.2) is 4.99 Å². The number of para-hydroxylation sites is 1. The summed E-state index contributed by atoms with van der Waals surface area (Å²) in [5.41, 5.74) is 12.0. The number of nitrogens with zero attached hydrogens (tertiary/aromatic N) is 2. The Kier molecular flexibility index (Phi) is 7.14. The van der Waals surface area contributed by atoms with Crippen molar-refractivity contribution in [2.24, 2.45) is 9.98 Å². The van der Waals surface area contributed by atoms with Crippen LogP contribution in [0.4, 0.5) is 5.69 Å². The first kappa shape index (κ1) is 26.9. The number of hydrogen-bond donors (Lipinski definition) is 3. The van der Waals surface area contributed by atoms with Gasteiger partial charge in [0.05, 0.1) is 22.8 Å². The minimum atomic E-state index is -0.154. The van der Waals surface area contributed by atoms with E-state index in [9.17, 15) is 4.79 Å². The first-order valence-electron chi connectivity index (χ1n) is 14.5. The normalized spacial score (nSPS) is 15.9. The fourth-order valence-corrected chi connectivity index (χ4v) is 5.39. The van der Waals surface area contributed by atoms with Gasteiger partial charge in [0.1, 0.15) is 0 Å². The van der Waals surface area contributed by atoms with Crippen molar-refractivity contribution in [3.8, 4) is 0 Å². The van der Waals surface area contributed by atoms with Crippen molar-refractivity contribution in [2.75, 3.05) is 5.32 Å². The Hall–Kier alpha value is -6.01. The van der Waals surface area contributed by atoms with Crippen molar-refractivity contribution in [1.29, 1.82) is 0 Å². The van der Waals surface area contributed by atoms with E-state index in [-0.39, 0.29) is 5.91 Å². The van der Waals surface area contributed by atoms with E-state index in [4.69, 9.17) is 4.99 Å². The Morgan fingerprint density at radius 2 is 1.41 bits per heavy atom. The van der Waals surface area contributed by atoms with Gasteiger partial charge in [-0.3, -0.25) is 9.79 Å². The van der Waals surface area contributed by atoms with Gasteiger partial charge in [-0.05, 0) is 90.9 Å². The van der Waals surface area contributed by atoms with E-state index in [1.165, 1.54) is 5.56 Å². The maximum absolute atomic E-state index is 12.8. The zero-order valence-electron chi connectivity index (χ0n) is 24.1. The number of benzene rings is 3. The number of allylic oxidation sites excluding steroid dienone is 4. The molecule has 6 nitrogen and oxygen atoms in total. The second-order valence-electron chi connectivity index (χ2n) is 10.6. The number of rotatable bonds is 7. The maximum atomic E-state index is 12.8. The fraction of sp³-hybridized carbons (Fsp3) is 0.0263. The Morgan fingerprint density at radius 1 is 0.682 bits per heavy atom. The third-order valence-corrected chi connectivity index (χ3v) is 7.61. The lowest BCUT2D eigenvalue weighted by Crippen LogP contribution is -2.11. The van der Waals surface area contributed by atoms with Crippen molar-refractivity contribution in [3.63, 3.8) is 0 Å². The van der Waals surface area contributed by atoms with Crippen LogP contribution >= 0.6 is 0 Å². The summed E-state index contributed by atoms with van der Waals surface area (Å²) in [4.78, 5) is 29.4. The maximum Gasteiger partial charge on any atom is 0.255 e. The molecule has 2 aliphatic rings. The van der Waals surface area contributed by atoms with Crippen LogP contribution in [0.15, 0.2) is 155 Å². The minimum absolute atomic E-state index is 0.154. The molecule has 44 heavy (non-hydrogen) atoms. The first-order chi connectivity index (χ1) is 21.6. The van der Waals surface area contributed by atoms with E-state index in [0.717, 1.165) is 62.1 Å². The highest BCUT2D eigenvalue weighted by molar-refractivity contribution is 6.11. The molecule has 0 saturated carbocycles. The summed E-state index contributed by atoms with van der Waals surface area (Å²) in [7, 11) is 0. The third kappa shape index (κ3) is 5.44. The number of aromatic nitrogens is 2. The lowest BCUT2D eigenvalue weighted by molar-refractivity contribution is 0.102. The van der Waals surface area contributed by atoms with Crippen LogP contribution in [-0.2, 0) is 0 Å². The van der Waals surface area contributed by atoms with Crippen molar-refractivity contribution < 1.29 is 4.79 Å². The summed E-state index contributed by atoms with van der Waals surface area (Å²) in [6.07, 6.45) is 11.8. The number of anilines is 1. The van der Waals surface area contributed by atoms with Crippen molar-refractivity contribution >= 4 is 34.7 Å². The van der Waals surface area contributed by atoms with E-state index in [0.29, 0.717) is 5.56 Å². The number of aliphatic imine (C=N–C) groups is 2. The van der Waals surface area contributed by atoms with E-state index < -0.39 is 0 Å². The van der Waals surface area contributed by atoms with Crippen LogP contribution in [0.3, 0.4) is 0 Å². The van der Waals surface area contributed by atoms with Crippen molar-refractivity contribution in [2.45, 2.75) is 6.92 Å². The average Bonchev–Trinajstić information content (AvgIpc) is 3.89. The number of H-pyrrole nitrogens is 2. The van der Waals surface area contributed by atoms with Gasteiger partial charge < -0.3 is 15.3 Å². The lowest BCUT2D eigenvalue weighted by atomic mass is 9.99. The molecule has 0 aliphatic carbocycles. The quantitative estimate of drug-likeness (QED) is 0.181. The summed E-state index contributed by atoms with van der Waals surface area (Å²) < 4.78 is 0. The largest absolute Gasteiger partial charge is 0.361 e. The molecule has 2 aromatic heterocycles. The van der Waals surface area contributed by atoms with Crippen LogP contribution < -0.4 is 5.32 Å². The molecule has 212 valence electrons. The number of aromatic amines is 2. The number of hydrogen-bond acceptors (Lipinski definition) is 3. The van der Waals surface area contributed by atoms with E-state index >= 15 is 0 Å². The molecule has 4 heterocycles. The van der Waals surface area contributed by atoms with Crippen LogP contribution in [0.5, 0.6) is 0 Å². The van der Waals surface area contributed by atoms with Crippen molar-refractivity contribution in [1.82, 2.24) is 9.97 Å². The molecule has 3 N–H and O–H groups in total. The SMILES string of the molecule is Cc1ccc(/C(=C2\C=CC=N2)c2ccc(C3=N/C(=C(/c4ccc(C(=O)Nc5ccccc5)cc4)c4ccc[nH]4)C=C3)[nH]2)cc1. The molecule has 6 heteroatoms. The molecule has 0 fully saturated rings. The minimum Gasteiger partial charge on any atom is -0.361 e. The Labute approximate surface area is 255 Å². The number of carbonyl (C=O) groups excluding carboxylic acids is 1. The first-order valence-corrected chi connectivity index (χ1v) is 14.5. The van der Waals surface area contributed by atoms with Crippen LogP contribution in [0.1, 0.15) is 44.1 Å². The molecule has 0 spiro atoms. The van der Waals surface area contributed by atoms with E-state index in [1.54, 1.807) is 0 Å². The zero-order valence-corrected chi connectivity index (χ0v) is 24.1. The number of aryl methyl sites for hydroxylation is 1. The summed E-state index contributed by atoms with van der Waals surface area (Å²) in [6.45, 7) is 2.09. The van der Waals surface area contributed by atoms with E-state index in [2.05, 4.69) is 63.6 Å². The molecule has 0 bridgehead atoms. The van der Waals surface area contributed by atoms with E-state index in [1.807, 2.05) is 103 Å². The average molecular weight is 572 g/mol. The van der Waals surface area contributed by atoms with Crippen LogP contribution in [0.2, 0.25) is 0 Å². The van der Waals surface area contributed by atoms with Gasteiger partial charge in [-0.1, -0.05) is 60.2 Å². The molecule has 0 unspecified atom stereocenters. The van der Waals surface area contributed by atoms with Crippen LogP contribution in [0.25, 0.3) is 11.1 Å². The highest BCUT2D eigenvalue weighted by Crippen LogP contribution is 2.32. The highest BCUT2D eigenvalue weighted by atomic mass is 16.1. The molecular weight excluding hydrogens is 542 g/mol. The topological polar surface area (TPSA) is 85.4 Å². The zero-order chi connectivity index (χ0) is 29.9.